The molecule has 1 amide bonds. The number of esters is 1. The van der Waals surface area contributed by atoms with Crippen molar-refractivity contribution < 1.29 is 19.1 Å². The van der Waals surface area contributed by atoms with E-state index < -0.39 is 5.41 Å². The number of fused-ring (bicyclic) bond motifs is 1. The van der Waals surface area contributed by atoms with Gasteiger partial charge in [0.1, 0.15) is 5.75 Å². The number of ether oxygens (including phenoxy) is 2. The third-order valence-electron chi connectivity index (χ3n) is 6.28. The maximum Gasteiger partial charge on any atom is 0.313 e. The summed E-state index contributed by atoms with van der Waals surface area (Å²) in [4.78, 5) is 24.8. The lowest BCUT2D eigenvalue weighted by Crippen LogP contribution is -2.31. The standard InChI is InChI=1S/C25H27NO4/c1-17-13-20-16-30-24(28)25(20,14-17)15-18-7-10-21(11-8-18)26-23(27)12-9-19-5-3-4-6-22(19)29-2/h3-8,10-11,20H,1,9,12-16H2,2H3,(H,26,27). The molecular weight excluding hydrogens is 378 g/mol. The number of anilines is 1. The van der Waals surface area contributed by atoms with Crippen LogP contribution in [-0.4, -0.2) is 25.6 Å². The number of amides is 1. The van der Waals surface area contributed by atoms with Crippen molar-refractivity contribution in [1.29, 1.82) is 0 Å². The molecule has 1 saturated carbocycles. The minimum atomic E-state index is -0.462. The Kier molecular flexibility index (Phi) is 5.62. The predicted octanol–water partition coefficient (Wildman–Crippen LogP) is 4.32. The average molecular weight is 405 g/mol. The normalized spacial score (nSPS) is 22.5. The molecule has 1 aliphatic heterocycles. The van der Waals surface area contributed by atoms with Crippen LogP contribution in [0.15, 0.2) is 60.7 Å². The topological polar surface area (TPSA) is 64.6 Å². The summed E-state index contributed by atoms with van der Waals surface area (Å²) in [6.07, 6.45) is 3.21. The molecule has 1 N–H and O–H groups in total. The van der Waals surface area contributed by atoms with Crippen LogP contribution in [0.2, 0.25) is 0 Å². The summed E-state index contributed by atoms with van der Waals surface area (Å²) < 4.78 is 10.7. The number of para-hydroxylation sites is 1. The second-order valence-electron chi connectivity index (χ2n) is 8.32. The fourth-order valence-corrected chi connectivity index (χ4v) is 4.71. The molecular formula is C25H27NO4. The maximum atomic E-state index is 12.4. The quantitative estimate of drug-likeness (QED) is 0.550. The Morgan fingerprint density at radius 2 is 2.00 bits per heavy atom. The molecule has 0 spiro atoms. The highest BCUT2D eigenvalue weighted by molar-refractivity contribution is 5.90. The van der Waals surface area contributed by atoms with Gasteiger partial charge >= 0.3 is 5.97 Å². The van der Waals surface area contributed by atoms with Crippen molar-refractivity contribution >= 4 is 17.6 Å². The van der Waals surface area contributed by atoms with Crippen molar-refractivity contribution in [1.82, 2.24) is 0 Å². The second-order valence-corrected chi connectivity index (χ2v) is 8.32. The van der Waals surface area contributed by atoms with Gasteiger partial charge in [-0.2, -0.15) is 0 Å². The number of hydrogen-bond donors (Lipinski definition) is 1. The van der Waals surface area contributed by atoms with Crippen LogP contribution >= 0.6 is 0 Å². The van der Waals surface area contributed by atoms with E-state index in [2.05, 4.69) is 11.9 Å². The lowest BCUT2D eigenvalue weighted by atomic mass is 9.75. The first-order chi connectivity index (χ1) is 14.5. The fourth-order valence-electron chi connectivity index (χ4n) is 4.71. The molecule has 0 bridgehead atoms. The molecule has 5 nitrogen and oxygen atoms in total. The van der Waals surface area contributed by atoms with Crippen LogP contribution < -0.4 is 10.1 Å². The number of nitrogens with one attached hydrogen (secondary N) is 1. The van der Waals surface area contributed by atoms with Gasteiger partial charge in [-0.15, -0.1) is 0 Å². The zero-order valence-corrected chi connectivity index (χ0v) is 17.3. The molecule has 4 rings (SSSR count). The molecule has 2 atom stereocenters. The summed E-state index contributed by atoms with van der Waals surface area (Å²) in [5.41, 5.74) is 3.51. The van der Waals surface area contributed by atoms with Crippen LogP contribution in [0.3, 0.4) is 0 Å². The largest absolute Gasteiger partial charge is 0.496 e. The van der Waals surface area contributed by atoms with Gasteiger partial charge in [-0.3, -0.25) is 9.59 Å². The molecule has 2 fully saturated rings. The number of carbonyl (C=O) groups excluding carboxylic acids is 2. The van der Waals surface area contributed by atoms with E-state index in [1.54, 1.807) is 7.11 Å². The molecule has 1 heterocycles. The maximum absolute atomic E-state index is 12.4. The monoisotopic (exact) mass is 405 g/mol. The highest BCUT2D eigenvalue weighted by Gasteiger charge is 2.55. The minimum absolute atomic E-state index is 0.0428. The zero-order valence-electron chi connectivity index (χ0n) is 17.3. The first kappa shape index (κ1) is 20.2. The van der Waals surface area contributed by atoms with Crippen LogP contribution in [0.1, 0.15) is 30.4 Å². The number of allylic oxidation sites excluding steroid dienone is 1. The fraction of sp³-hybridized carbons (Fsp3) is 0.360. The van der Waals surface area contributed by atoms with Crippen molar-refractivity contribution in [3.05, 3.63) is 71.8 Å². The zero-order chi connectivity index (χ0) is 21.1. The molecule has 1 aliphatic carbocycles. The lowest BCUT2D eigenvalue weighted by Gasteiger charge is -2.24. The van der Waals surface area contributed by atoms with Crippen molar-refractivity contribution in [2.24, 2.45) is 11.3 Å². The van der Waals surface area contributed by atoms with Crippen LogP contribution in [-0.2, 0) is 27.2 Å². The Morgan fingerprint density at radius 1 is 1.23 bits per heavy atom. The van der Waals surface area contributed by atoms with Crippen molar-refractivity contribution in [2.45, 2.75) is 32.1 Å². The summed E-state index contributed by atoms with van der Waals surface area (Å²) in [5.74, 6) is 0.887. The van der Waals surface area contributed by atoms with Crippen LogP contribution in [0.4, 0.5) is 5.69 Å². The van der Waals surface area contributed by atoms with E-state index in [0.717, 1.165) is 34.6 Å². The molecule has 2 aromatic carbocycles. The molecule has 30 heavy (non-hydrogen) atoms. The third-order valence-corrected chi connectivity index (χ3v) is 6.28. The van der Waals surface area contributed by atoms with Crippen molar-refractivity contribution in [2.75, 3.05) is 19.0 Å². The van der Waals surface area contributed by atoms with Gasteiger partial charge in [0.05, 0.1) is 19.1 Å². The van der Waals surface area contributed by atoms with E-state index in [9.17, 15) is 9.59 Å². The number of rotatable bonds is 7. The van der Waals surface area contributed by atoms with Crippen LogP contribution in [0.5, 0.6) is 5.75 Å². The lowest BCUT2D eigenvalue weighted by molar-refractivity contribution is -0.146. The van der Waals surface area contributed by atoms with E-state index in [1.807, 2.05) is 48.5 Å². The van der Waals surface area contributed by atoms with Gasteiger partial charge in [0.2, 0.25) is 5.91 Å². The first-order valence-electron chi connectivity index (χ1n) is 10.3. The van der Waals surface area contributed by atoms with Gasteiger partial charge < -0.3 is 14.8 Å². The highest BCUT2D eigenvalue weighted by atomic mass is 16.5. The van der Waals surface area contributed by atoms with Crippen molar-refractivity contribution in [3.63, 3.8) is 0 Å². The summed E-state index contributed by atoms with van der Waals surface area (Å²) in [6, 6.07) is 15.5. The predicted molar refractivity (Wildman–Crippen MR) is 115 cm³/mol. The van der Waals surface area contributed by atoms with E-state index in [0.29, 0.717) is 32.3 Å². The SMILES string of the molecule is C=C1CC2COC(=O)C2(Cc2ccc(NC(=O)CCc3ccccc3OC)cc2)C1. The summed E-state index contributed by atoms with van der Waals surface area (Å²) in [7, 11) is 1.63. The molecule has 0 radical (unpaired) electrons. The Hall–Kier alpha value is -3.08. The number of methoxy groups -OCH3 is 1. The molecule has 5 heteroatoms. The van der Waals surface area contributed by atoms with Gasteiger partial charge in [-0.25, -0.2) is 0 Å². The number of benzene rings is 2. The average Bonchev–Trinajstić information content (AvgIpc) is 3.22. The van der Waals surface area contributed by atoms with Crippen molar-refractivity contribution in [3.8, 4) is 5.75 Å². The molecule has 2 unspecified atom stereocenters. The number of carbonyl (C=O) groups is 2. The van der Waals surface area contributed by atoms with E-state index >= 15 is 0 Å². The number of aryl methyl sites for hydroxylation is 1. The van der Waals surface area contributed by atoms with Gasteiger partial charge in [-0.1, -0.05) is 42.5 Å². The number of hydrogen-bond acceptors (Lipinski definition) is 4. The summed E-state index contributed by atoms with van der Waals surface area (Å²) in [6.45, 7) is 4.59. The van der Waals surface area contributed by atoms with Gasteiger partial charge in [-0.05, 0) is 55.0 Å². The molecule has 156 valence electrons. The highest BCUT2D eigenvalue weighted by Crippen LogP contribution is 2.52. The van der Waals surface area contributed by atoms with Crippen LogP contribution in [0.25, 0.3) is 0 Å². The number of cyclic esters (lactones) is 1. The third kappa shape index (κ3) is 3.97. The Morgan fingerprint density at radius 3 is 2.77 bits per heavy atom. The van der Waals surface area contributed by atoms with E-state index in [1.165, 1.54) is 0 Å². The van der Waals surface area contributed by atoms with Gasteiger partial charge in [0, 0.05) is 18.0 Å². The molecule has 2 aliphatic rings. The smallest absolute Gasteiger partial charge is 0.313 e. The van der Waals surface area contributed by atoms with Gasteiger partial charge in [0.25, 0.3) is 0 Å². The molecule has 2 aromatic rings. The molecule has 0 aromatic heterocycles. The molecule has 1 saturated heterocycles. The van der Waals surface area contributed by atoms with Crippen LogP contribution in [0, 0.1) is 11.3 Å². The summed E-state index contributed by atoms with van der Waals surface area (Å²) >= 11 is 0. The Bertz CT molecular complexity index is 965. The minimum Gasteiger partial charge on any atom is -0.496 e. The Balaban J connectivity index is 1.35. The Labute approximate surface area is 177 Å². The van der Waals surface area contributed by atoms with E-state index in [-0.39, 0.29) is 17.8 Å². The second kappa shape index (κ2) is 8.34. The summed E-state index contributed by atoms with van der Waals surface area (Å²) in [5, 5.41) is 2.95. The van der Waals surface area contributed by atoms with E-state index in [4.69, 9.17) is 9.47 Å². The first-order valence-corrected chi connectivity index (χ1v) is 10.3. The van der Waals surface area contributed by atoms with Gasteiger partial charge in [0.15, 0.2) is 0 Å².